The highest BCUT2D eigenvalue weighted by molar-refractivity contribution is 7.15. The van der Waals surface area contributed by atoms with Crippen LogP contribution in [-0.4, -0.2) is 22.7 Å². The molecule has 1 heterocycles. The molecule has 0 spiro atoms. The van der Waals surface area contributed by atoms with Crippen molar-refractivity contribution in [3.05, 3.63) is 34.8 Å². The van der Waals surface area contributed by atoms with E-state index in [1.54, 1.807) is 17.4 Å². The molecule has 0 bridgehead atoms. The molecule has 2 fully saturated rings. The van der Waals surface area contributed by atoms with Gasteiger partial charge in [-0.15, -0.1) is 11.3 Å². The highest BCUT2D eigenvalue weighted by atomic mass is 32.1. The lowest BCUT2D eigenvalue weighted by atomic mass is 9.67. The molecule has 7 heteroatoms. The van der Waals surface area contributed by atoms with Crippen LogP contribution in [0.15, 0.2) is 24.4 Å². The third-order valence-corrected chi connectivity index (χ3v) is 11.7. The van der Waals surface area contributed by atoms with E-state index >= 15 is 0 Å². The molecule has 4 rings (SSSR count). The molecule has 1 N–H and O–H groups in total. The van der Waals surface area contributed by atoms with Crippen LogP contribution < -0.4 is 4.74 Å². The maximum absolute atomic E-state index is 13.4. The average Bonchev–Trinajstić information content (AvgIpc) is 3.21. The predicted molar refractivity (Wildman–Crippen MR) is 172 cm³/mol. The van der Waals surface area contributed by atoms with Crippen LogP contribution in [0.5, 0.6) is 5.75 Å². The van der Waals surface area contributed by atoms with Gasteiger partial charge in [0.15, 0.2) is 0 Å². The van der Waals surface area contributed by atoms with Crippen LogP contribution in [0.1, 0.15) is 129 Å². The molecule has 0 radical (unpaired) electrons. The number of carbonyl (C=O) groups is 1. The monoisotopic (exact) mass is 617 g/mol. The Morgan fingerprint density at radius 1 is 1.16 bits per heavy atom. The molecule has 2 aliphatic rings. The summed E-state index contributed by atoms with van der Waals surface area (Å²) in [5.41, 5.74) is 1.21. The van der Waals surface area contributed by atoms with Gasteiger partial charge in [-0.1, -0.05) is 73.3 Å². The number of carboxylic acids is 1. The van der Waals surface area contributed by atoms with E-state index in [1.807, 2.05) is 18.3 Å². The van der Waals surface area contributed by atoms with Crippen molar-refractivity contribution < 1.29 is 23.4 Å². The number of halogens is 2. The second-order valence-electron chi connectivity index (χ2n) is 14.9. The molecule has 0 saturated heterocycles. The first-order valence-electron chi connectivity index (χ1n) is 16.6. The van der Waals surface area contributed by atoms with Crippen LogP contribution in [0.25, 0.3) is 10.6 Å². The minimum Gasteiger partial charge on any atom is -0.481 e. The highest BCUT2D eigenvalue weighted by Gasteiger charge is 2.47. The Labute approximate surface area is 262 Å². The van der Waals surface area contributed by atoms with Gasteiger partial charge in [0, 0.05) is 11.1 Å². The first kappa shape index (κ1) is 33.9. The SMILES string of the molecule is CCC[C@]1(C(=O)O)CC(CCc2cnc(-c3cc([C@H]4CCCCC(C)C4)ccc3OC(F)F)s2)C(C)C[C@H](C(C)(C)C)C1. The molecule has 2 aromatic rings. The molecule has 1 aromatic carbocycles. The summed E-state index contributed by atoms with van der Waals surface area (Å²) in [7, 11) is 0. The maximum atomic E-state index is 13.4. The summed E-state index contributed by atoms with van der Waals surface area (Å²) in [6.07, 6.45) is 13.6. The Bertz CT molecular complexity index is 1210. The van der Waals surface area contributed by atoms with Gasteiger partial charge in [-0.25, -0.2) is 4.98 Å². The van der Waals surface area contributed by atoms with E-state index in [0.29, 0.717) is 53.0 Å². The van der Waals surface area contributed by atoms with Gasteiger partial charge in [-0.05, 0) is 104 Å². The standard InChI is InChI=1S/C36H53F2NO3S/c1-7-16-36(33(40)41)20-27(24(3)18-28(21-36)35(4,5)6)12-14-29-22-39-32(43-29)30-19-26(13-15-31(30)42-34(37)38)25-11-9-8-10-23(2)17-25/h13,15,19,22-25,27-28,34H,7-12,14,16-18,20-21H2,1-6H3,(H,40,41)/t23?,24?,25-,27?,28-,36-/m0/s1. The zero-order chi connectivity index (χ0) is 31.4. The van der Waals surface area contributed by atoms with Crippen molar-refractivity contribution >= 4 is 17.3 Å². The topological polar surface area (TPSA) is 59.4 Å². The van der Waals surface area contributed by atoms with Gasteiger partial charge in [-0.2, -0.15) is 8.78 Å². The van der Waals surface area contributed by atoms with E-state index in [-0.39, 0.29) is 11.2 Å². The Hall–Kier alpha value is -2.02. The van der Waals surface area contributed by atoms with Gasteiger partial charge >= 0.3 is 12.6 Å². The predicted octanol–water partition coefficient (Wildman–Crippen LogP) is 11.0. The van der Waals surface area contributed by atoms with Crippen LogP contribution in [0.3, 0.4) is 0 Å². The first-order chi connectivity index (χ1) is 20.3. The van der Waals surface area contributed by atoms with E-state index in [1.165, 1.54) is 24.8 Å². The van der Waals surface area contributed by atoms with Crippen molar-refractivity contribution in [2.45, 2.75) is 131 Å². The average molecular weight is 618 g/mol. The van der Waals surface area contributed by atoms with E-state index in [9.17, 15) is 18.7 Å². The number of hydrogen-bond acceptors (Lipinski definition) is 4. The van der Waals surface area contributed by atoms with Crippen molar-refractivity contribution in [3.63, 3.8) is 0 Å². The van der Waals surface area contributed by atoms with Crippen LogP contribution in [-0.2, 0) is 11.2 Å². The summed E-state index contributed by atoms with van der Waals surface area (Å²) < 4.78 is 31.7. The smallest absolute Gasteiger partial charge is 0.387 e. The molecule has 1 aromatic heterocycles. The maximum Gasteiger partial charge on any atom is 0.387 e. The van der Waals surface area contributed by atoms with Crippen LogP contribution in [0.2, 0.25) is 0 Å². The molecule has 0 aliphatic heterocycles. The number of hydrogen-bond donors (Lipinski definition) is 1. The van der Waals surface area contributed by atoms with Crippen molar-refractivity contribution in [1.82, 2.24) is 4.98 Å². The van der Waals surface area contributed by atoms with Gasteiger partial charge in [0.2, 0.25) is 0 Å². The lowest BCUT2D eigenvalue weighted by Crippen LogP contribution is -2.36. The second-order valence-corrected chi connectivity index (χ2v) is 16.0. The van der Waals surface area contributed by atoms with Gasteiger partial charge < -0.3 is 9.84 Å². The number of alkyl halides is 2. The summed E-state index contributed by atoms with van der Waals surface area (Å²) in [6.45, 7) is 10.6. The summed E-state index contributed by atoms with van der Waals surface area (Å²) in [4.78, 5) is 18.6. The fourth-order valence-electron chi connectivity index (χ4n) is 7.94. The third-order valence-electron chi connectivity index (χ3n) is 10.6. The van der Waals surface area contributed by atoms with Crippen LogP contribution >= 0.6 is 11.3 Å². The number of rotatable bonds is 10. The minimum absolute atomic E-state index is 0.0610. The molecule has 0 amide bonds. The molecule has 2 saturated carbocycles. The quantitative estimate of drug-likeness (QED) is 0.269. The lowest BCUT2D eigenvalue weighted by Gasteiger charge is -2.37. The first-order valence-corrected chi connectivity index (χ1v) is 17.4. The minimum atomic E-state index is -2.90. The van der Waals surface area contributed by atoms with Gasteiger partial charge in [-0.3, -0.25) is 4.79 Å². The van der Waals surface area contributed by atoms with E-state index in [0.717, 1.165) is 49.8 Å². The fraction of sp³-hybridized carbons (Fsp3) is 0.722. The number of carboxylic acid groups (broad SMARTS) is 1. The zero-order valence-electron chi connectivity index (χ0n) is 27.1. The van der Waals surface area contributed by atoms with E-state index in [4.69, 9.17) is 9.72 Å². The Morgan fingerprint density at radius 3 is 2.58 bits per heavy atom. The third kappa shape index (κ3) is 8.58. The summed E-state index contributed by atoms with van der Waals surface area (Å²) in [5, 5.41) is 11.2. The number of thiazole rings is 1. The van der Waals surface area contributed by atoms with Crippen LogP contribution in [0.4, 0.5) is 8.78 Å². The fourth-order valence-corrected chi connectivity index (χ4v) is 8.89. The largest absolute Gasteiger partial charge is 0.481 e. The zero-order valence-corrected chi connectivity index (χ0v) is 28.0. The highest BCUT2D eigenvalue weighted by Crippen LogP contribution is 2.51. The van der Waals surface area contributed by atoms with Gasteiger partial charge in [0.05, 0.1) is 11.0 Å². The summed E-state index contributed by atoms with van der Waals surface area (Å²) in [6, 6.07) is 5.70. The molecule has 2 aliphatic carbocycles. The number of aromatic nitrogens is 1. The second kappa shape index (κ2) is 14.4. The van der Waals surface area contributed by atoms with E-state index < -0.39 is 18.0 Å². The Kier molecular flexibility index (Phi) is 11.3. The number of benzene rings is 1. The molecular formula is C36H53F2NO3S. The molecular weight excluding hydrogens is 564 g/mol. The number of nitrogens with zero attached hydrogens (tertiary/aromatic N) is 1. The number of aryl methyl sites for hydroxylation is 1. The van der Waals surface area contributed by atoms with E-state index in [2.05, 4.69) is 41.5 Å². The van der Waals surface area contributed by atoms with Gasteiger partial charge in [0.25, 0.3) is 0 Å². The van der Waals surface area contributed by atoms with Crippen molar-refractivity contribution in [3.8, 4) is 16.3 Å². The van der Waals surface area contributed by atoms with Gasteiger partial charge in [0.1, 0.15) is 10.8 Å². The van der Waals surface area contributed by atoms with Crippen molar-refractivity contribution in [2.75, 3.05) is 0 Å². The van der Waals surface area contributed by atoms with Crippen LogP contribution in [0, 0.1) is 34.5 Å². The lowest BCUT2D eigenvalue weighted by molar-refractivity contribution is -0.152. The normalized spacial score (nSPS) is 28.8. The Morgan fingerprint density at radius 2 is 1.91 bits per heavy atom. The Balaban J connectivity index is 1.56. The number of ether oxygens (including phenoxy) is 1. The molecule has 4 nitrogen and oxygen atoms in total. The molecule has 3 unspecified atom stereocenters. The number of aliphatic carboxylic acids is 1. The molecule has 6 atom stereocenters. The van der Waals surface area contributed by atoms with Crippen molar-refractivity contribution in [1.29, 1.82) is 0 Å². The molecule has 240 valence electrons. The van der Waals surface area contributed by atoms with Crippen molar-refractivity contribution in [2.24, 2.45) is 34.5 Å². The summed E-state index contributed by atoms with van der Waals surface area (Å²) in [5.74, 6) is 1.71. The summed E-state index contributed by atoms with van der Waals surface area (Å²) >= 11 is 1.55. The molecule has 43 heavy (non-hydrogen) atoms.